The van der Waals surface area contributed by atoms with Gasteiger partial charge in [-0.2, -0.15) is 0 Å². The first-order valence-corrected chi connectivity index (χ1v) is 7.42. The molecule has 2 amide bonds. The summed E-state index contributed by atoms with van der Waals surface area (Å²) in [5.41, 5.74) is 3.42. The molecule has 0 spiro atoms. The van der Waals surface area contributed by atoms with Crippen LogP contribution in [0.25, 0.3) is 6.08 Å². The molecule has 0 saturated carbocycles. The third-order valence-electron chi connectivity index (χ3n) is 3.48. The van der Waals surface area contributed by atoms with E-state index in [9.17, 15) is 14.4 Å². The Bertz CT molecular complexity index is 861. The van der Waals surface area contributed by atoms with Gasteiger partial charge in [0.1, 0.15) is 11.3 Å². The van der Waals surface area contributed by atoms with Crippen LogP contribution < -0.4 is 15.2 Å². The summed E-state index contributed by atoms with van der Waals surface area (Å²) in [4.78, 5) is 35.4. The van der Waals surface area contributed by atoms with Crippen molar-refractivity contribution in [3.63, 3.8) is 0 Å². The zero-order valence-corrected chi connectivity index (χ0v) is 13.0. The molecule has 7 nitrogen and oxygen atoms in total. The quantitative estimate of drug-likeness (QED) is 0.638. The van der Waals surface area contributed by atoms with E-state index in [0.717, 1.165) is 5.01 Å². The topological polar surface area (TPSA) is 95.9 Å². The number of aliphatic carboxylic acids is 1. The Kier molecular flexibility index (Phi) is 4.47. The van der Waals surface area contributed by atoms with Crippen molar-refractivity contribution in [2.24, 2.45) is 0 Å². The number of anilines is 1. The molecule has 25 heavy (non-hydrogen) atoms. The molecule has 1 heterocycles. The van der Waals surface area contributed by atoms with Gasteiger partial charge in [0.25, 0.3) is 11.8 Å². The highest BCUT2D eigenvalue weighted by molar-refractivity contribution is 6.31. The molecule has 1 fully saturated rings. The Morgan fingerprint density at radius 2 is 1.76 bits per heavy atom. The average molecular weight is 338 g/mol. The van der Waals surface area contributed by atoms with Crippen molar-refractivity contribution >= 4 is 29.5 Å². The van der Waals surface area contributed by atoms with Gasteiger partial charge >= 0.3 is 5.97 Å². The fourth-order valence-corrected chi connectivity index (χ4v) is 2.34. The molecule has 0 bridgehead atoms. The largest absolute Gasteiger partial charge is 0.481 e. The highest BCUT2D eigenvalue weighted by Gasteiger charge is 2.34. The number of carbonyl (C=O) groups is 3. The van der Waals surface area contributed by atoms with Crippen molar-refractivity contribution in [3.8, 4) is 5.75 Å². The SMILES string of the molecule is O=C(O)COc1ccccc1/C=C1\C(=O)NN(c2ccccc2)C1=O. The van der Waals surface area contributed by atoms with Crippen molar-refractivity contribution in [1.82, 2.24) is 5.43 Å². The highest BCUT2D eigenvalue weighted by Crippen LogP contribution is 2.25. The number of benzene rings is 2. The minimum Gasteiger partial charge on any atom is -0.481 e. The van der Waals surface area contributed by atoms with Crippen LogP contribution in [0.4, 0.5) is 5.69 Å². The molecule has 1 aliphatic rings. The van der Waals surface area contributed by atoms with Gasteiger partial charge in [0, 0.05) is 5.56 Å². The zero-order chi connectivity index (χ0) is 17.8. The summed E-state index contributed by atoms with van der Waals surface area (Å²) in [5, 5.41) is 9.89. The number of rotatable bonds is 5. The first-order chi connectivity index (χ1) is 12.1. The lowest BCUT2D eigenvalue weighted by atomic mass is 10.1. The van der Waals surface area contributed by atoms with Crippen molar-refractivity contribution in [1.29, 1.82) is 0 Å². The van der Waals surface area contributed by atoms with Gasteiger partial charge in [0.2, 0.25) is 0 Å². The van der Waals surface area contributed by atoms with E-state index >= 15 is 0 Å². The van der Waals surface area contributed by atoms with Crippen LogP contribution in [0.2, 0.25) is 0 Å². The maximum Gasteiger partial charge on any atom is 0.341 e. The second-order valence-corrected chi connectivity index (χ2v) is 5.20. The molecular weight excluding hydrogens is 324 g/mol. The molecule has 2 aromatic carbocycles. The fourth-order valence-electron chi connectivity index (χ4n) is 2.34. The summed E-state index contributed by atoms with van der Waals surface area (Å²) in [6.45, 7) is -0.517. The van der Waals surface area contributed by atoms with Crippen LogP contribution in [-0.2, 0) is 14.4 Å². The molecule has 126 valence electrons. The molecule has 0 atom stereocenters. The number of para-hydroxylation sites is 2. The van der Waals surface area contributed by atoms with E-state index in [0.29, 0.717) is 11.3 Å². The molecule has 0 radical (unpaired) electrons. The average Bonchev–Trinajstić information content (AvgIpc) is 2.90. The van der Waals surface area contributed by atoms with Crippen LogP contribution in [0.5, 0.6) is 5.75 Å². The number of amides is 2. The van der Waals surface area contributed by atoms with Crippen LogP contribution in [0.15, 0.2) is 60.2 Å². The first kappa shape index (κ1) is 16.3. The monoisotopic (exact) mass is 338 g/mol. The minimum atomic E-state index is -1.12. The lowest BCUT2D eigenvalue weighted by Crippen LogP contribution is -2.35. The molecule has 0 aromatic heterocycles. The van der Waals surface area contributed by atoms with Gasteiger partial charge < -0.3 is 9.84 Å². The minimum absolute atomic E-state index is 0.0600. The summed E-state index contributed by atoms with van der Waals surface area (Å²) in [6, 6.07) is 15.3. The lowest BCUT2D eigenvalue weighted by Gasteiger charge is -2.13. The molecule has 2 aromatic rings. The third kappa shape index (κ3) is 3.50. The van der Waals surface area contributed by atoms with Crippen molar-refractivity contribution in [2.75, 3.05) is 11.6 Å². The Morgan fingerprint density at radius 3 is 2.48 bits per heavy atom. The van der Waals surface area contributed by atoms with Gasteiger partial charge in [0.15, 0.2) is 6.61 Å². The molecule has 1 saturated heterocycles. The van der Waals surface area contributed by atoms with E-state index in [-0.39, 0.29) is 11.3 Å². The van der Waals surface area contributed by atoms with Gasteiger partial charge in [-0.25, -0.2) is 9.80 Å². The van der Waals surface area contributed by atoms with Gasteiger partial charge in [-0.1, -0.05) is 36.4 Å². The van der Waals surface area contributed by atoms with Crippen LogP contribution in [0.1, 0.15) is 5.56 Å². The van der Waals surface area contributed by atoms with Crippen LogP contribution >= 0.6 is 0 Å². The summed E-state index contributed by atoms with van der Waals surface area (Å²) >= 11 is 0. The molecule has 1 aliphatic heterocycles. The van der Waals surface area contributed by atoms with E-state index in [1.54, 1.807) is 54.6 Å². The van der Waals surface area contributed by atoms with Crippen molar-refractivity contribution in [2.45, 2.75) is 0 Å². The number of hydrogen-bond acceptors (Lipinski definition) is 4. The van der Waals surface area contributed by atoms with Gasteiger partial charge in [0.05, 0.1) is 5.69 Å². The van der Waals surface area contributed by atoms with Crippen LogP contribution in [0, 0.1) is 0 Å². The Hall–Kier alpha value is -3.61. The summed E-state index contributed by atoms with van der Waals surface area (Å²) in [6.07, 6.45) is 1.39. The highest BCUT2D eigenvalue weighted by atomic mass is 16.5. The van der Waals surface area contributed by atoms with Crippen molar-refractivity contribution in [3.05, 3.63) is 65.7 Å². The number of ether oxygens (including phenoxy) is 1. The Morgan fingerprint density at radius 1 is 1.08 bits per heavy atom. The van der Waals surface area contributed by atoms with Crippen LogP contribution in [0.3, 0.4) is 0 Å². The molecule has 0 aliphatic carbocycles. The number of carbonyl (C=O) groups excluding carboxylic acids is 2. The van der Waals surface area contributed by atoms with Crippen LogP contribution in [-0.4, -0.2) is 29.5 Å². The summed E-state index contributed by atoms with van der Waals surface area (Å²) in [5.74, 6) is -1.88. The van der Waals surface area contributed by atoms with E-state index in [4.69, 9.17) is 9.84 Å². The van der Waals surface area contributed by atoms with Gasteiger partial charge in [-0.3, -0.25) is 15.0 Å². The maximum absolute atomic E-state index is 12.5. The van der Waals surface area contributed by atoms with E-state index in [2.05, 4.69) is 5.43 Å². The molecule has 7 heteroatoms. The van der Waals surface area contributed by atoms with E-state index < -0.39 is 24.4 Å². The predicted octanol–water partition coefficient (Wildman–Crippen LogP) is 1.61. The first-order valence-electron chi connectivity index (χ1n) is 7.42. The van der Waals surface area contributed by atoms with E-state index in [1.807, 2.05) is 0 Å². The smallest absolute Gasteiger partial charge is 0.341 e. The Labute approximate surface area is 143 Å². The van der Waals surface area contributed by atoms with Crippen molar-refractivity contribution < 1.29 is 24.2 Å². The third-order valence-corrected chi connectivity index (χ3v) is 3.48. The van der Waals surface area contributed by atoms with Gasteiger partial charge in [-0.15, -0.1) is 0 Å². The number of nitrogens with zero attached hydrogens (tertiary/aromatic N) is 1. The Balaban J connectivity index is 1.90. The standard InChI is InChI=1S/C18H14N2O5/c21-16(22)11-25-15-9-5-4-6-12(15)10-14-17(23)19-20(18(14)24)13-7-2-1-3-8-13/h1-10H,11H2,(H,19,23)(H,21,22)/b14-10+. The molecule has 2 N–H and O–H groups in total. The normalized spacial score (nSPS) is 15.4. The number of carboxylic acids is 1. The molecule has 0 unspecified atom stereocenters. The summed E-state index contributed by atoms with van der Waals surface area (Å²) in [7, 11) is 0. The second kappa shape index (κ2) is 6.88. The summed E-state index contributed by atoms with van der Waals surface area (Å²) < 4.78 is 5.19. The maximum atomic E-state index is 12.5. The predicted molar refractivity (Wildman–Crippen MR) is 89.6 cm³/mol. The second-order valence-electron chi connectivity index (χ2n) is 5.20. The number of carboxylic acid groups (broad SMARTS) is 1. The zero-order valence-electron chi connectivity index (χ0n) is 13.0. The molecule has 3 rings (SSSR count). The molecular formula is C18H14N2O5. The number of hydrogen-bond donors (Lipinski definition) is 2. The lowest BCUT2D eigenvalue weighted by molar-refractivity contribution is -0.139. The number of nitrogens with one attached hydrogen (secondary N) is 1. The van der Waals surface area contributed by atoms with E-state index in [1.165, 1.54) is 6.08 Å². The van der Waals surface area contributed by atoms with Gasteiger partial charge in [-0.05, 0) is 24.3 Å². The number of hydrazine groups is 1. The fraction of sp³-hybridized carbons (Fsp3) is 0.0556.